The minimum atomic E-state index is 0.185. The Bertz CT molecular complexity index is 501. The third-order valence-corrected chi connectivity index (χ3v) is 4.68. The average molecular weight is 318 g/mol. The second-order valence-electron chi connectivity index (χ2n) is 6.95. The first-order valence-electron chi connectivity index (χ1n) is 8.61. The number of carbonyl (C=O) groups excluding carboxylic acids is 1. The van der Waals surface area contributed by atoms with Crippen molar-refractivity contribution in [2.45, 2.75) is 39.2 Å². The summed E-state index contributed by atoms with van der Waals surface area (Å²) >= 11 is 0. The summed E-state index contributed by atoms with van der Waals surface area (Å²) in [5.41, 5.74) is 1.29. The summed E-state index contributed by atoms with van der Waals surface area (Å²) in [7, 11) is 3.62. The Hall–Kier alpha value is -1.55. The van der Waals surface area contributed by atoms with Crippen molar-refractivity contribution in [3.63, 3.8) is 0 Å². The normalized spacial score (nSPS) is 22.4. The van der Waals surface area contributed by atoms with Gasteiger partial charge in [0.2, 0.25) is 5.91 Å². The number of carbonyl (C=O) groups is 1. The van der Waals surface area contributed by atoms with E-state index in [0.717, 1.165) is 38.1 Å². The van der Waals surface area contributed by atoms with Crippen LogP contribution in [0.25, 0.3) is 0 Å². The summed E-state index contributed by atoms with van der Waals surface area (Å²) in [6.07, 6.45) is 2.89. The van der Waals surface area contributed by atoms with Gasteiger partial charge in [0.1, 0.15) is 5.75 Å². The van der Waals surface area contributed by atoms with E-state index >= 15 is 0 Å². The van der Waals surface area contributed by atoms with Crippen molar-refractivity contribution in [2.75, 3.05) is 27.2 Å². The first-order valence-corrected chi connectivity index (χ1v) is 8.61. The van der Waals surface area contributed by atoms with Gasteiger partial charge < -0.3 is 15.0 Å². The number of nitrogens with one attached hydrogen (secondary N) is 1. The molecule has 1 aliphatic rings. The number of ether oxygens (including phenoxy) is 1. The Balaban J connectivity index is 1.83. The van der Waals surface area contributed by atoms with Gasteiger partial charge in [0, 0.05) is 25.6 Å². The zero-order chi connectivity index (χ0) is 16.8. The van der Waals surface area contributed by atoms with Crippen LogP contribution in [0.1, 0.15) is 32.3 Å². The van der Waals surface area contributed by atoms with E-state index in [1.165, 1.54) is 5.56 Å². The number of hydrogen-bond donors (Lipinski definition) is 1. The van der Waals surface area contributed by atoms with Crippen molar-refractivity contribution < 1.29 is 9.53 Å². The molecule has 2 rings (SSSR count). The smallest absolute Gasteiger partial charge is 0.225 e. The fourth-order valence-electron chi connectivity index (χ4n) is 3.45. The van der Waals surface area contributed by atoms with Gasteiger partial charge in [-0.3, -0.25) is 4.79 Å². The van der Waals surface area contributed by atoms with E-state index in [9.17, 15) is 4.79 Å². The standard InChI is InChI=1S/C19H30N2O2/c1-14(11-16-5-7-18(23-4)8-6-16)13-21(3)19(22)17-9-10-20-15(2)12-17/h5-8,14-15,17,20H,9-13H2,1-4H3/t14?,15-,17-/m0/s1. The summed E-state index contributed by atoms with van der Waals surface area (Å²) < 4.78 is 5.19. The van der Waals surface area contributed by atoms with E-state index in [1.807, 2.05) is 24.1 Å². The van der Waals surface area contributed by atoms with E-state index in [-0.39, 0.29) is 5.92 Å². The number of amides is 1. The molecule has 0 spiro atoms. The lowest BCUT2D eigenvalue weighted by Gasteiger charge is -2.31. The second-order valence-corrected chi connectivity index (χ2v) is 6.95. The lowest BCUT2D eigenvalue weighted by atomic mass is 9.91. The quantitative estimate of drug-likeness (QED) is 0.877. The zero-order valence-electron chi connectivity index (χ0n) is 14.8. The molecule has 4 heteroatoms. The van der Waals surface area contributed by atoms with Gasteiger partial charge in [-0.2, -0.15) is 0 Å². The monoisotopic (exact) mass is 318 g/mol. The number of methoxy groups -OCH3 is 1. The maximum Gasteiger partial charge on any atom is 0.225 e. The Labute approximate surface area is 140 Å². The number of nitrogens with zero attached hydrogens (tertiary/aromatic N) is 1. The number of benzene rings is 1. The molecule has 0 bridgehead atoms. The van der Waals surface area contributed by atoms with Gasteiger partial charge in [0.15, 0.2) is 0 Å². The molecule has 3 atom stereocenters. The third kappa shape index (κ3) is 5.24. The second kappa shape index (κ2) is 8.34. The van der Waals surface area contributed by atoms with Crippen LogP contribution >= 0.6 is 0 Å². The Morgan fingerprint density at radius 3 is 2.70 bits per heavy atom. The molecule has 1 N–H and O–H groups in total. The highest BCUT2D eigenvalue weighted by Gasteiger charge is 2.27. The van der Waals surface area contributed by atoms with E-state index in [0.29, 0.717) is 17.9 Å². The molecular weight excluding hydrogens is 288 g/mol. The van der Waals surface area contributed by atoms with Crippen molar-refractivity contribution in [1.29, 1.82) is 0 Å². The van der Waals surface area contributed by atoms with Crippen LogP contribution in [-0.2, 0) is 11.2 Å². The molecular formula is C19H30N2O2. The van der Waals surface area contributed by atoms with Crippen LogP contribution in [0.4, 0.5) is 0 Å². The molecule has 0 saturated carbocycles. The predicted molar refractivity (Wildman–Crippen MR) is 93.7 cm³/mol. The highest BCUT2D eigenvalue weighted by Crippen LogP contribution is 2.20. The van der Waals surface area contributed by atoms with E-state index < -0.39 is 0 Å². The van der Waals surface area contributed by atoms with Gasteiger partial charge in [0.25, 0.3) is 0 Å². The van der Waals surface area contributed by atoms with Crippen LogP contribution in [0, 0.1) is 11.8 Å². The van der Waals surface area contributed by atoms with Crippen LogP contribution in [0.15, 0.2) is 24.3 Å². The maximum atomic E-state index is 12.6. The molecule has 1 aromatic carbocycles. The molecule has 1 saturated heterocycles. The number of hydrogen-bond acceptors (Lipinski definition) is 3. The molecule has 1 fully saturated rings. The van der Waals surface area contributed by atoms with Crippen LogP contribution in [0.5, 0.6) is 5.75 Å². The van der Waals surface area contributed by atoms with Crippen molar-refractivity contribution >= 4 is 5.91 Å². The summed E-state index contributed by atoms with van der Waals surface area (Å²) in [5, 5.41) is 3.41. The summed E-state index contributed by atoms with van der Waals surface area (Å²) in [6, 6.07) is 8.64. The highest BCUT2D eigenvalue weighted by molar-refractivity contribution is 5.78. The van der Waals surface area contributed by atoms with Crippen LogP contribution < -0.4 is 10.1 Å². The van der Waals surface area contributed by atoms with Crippen molar-refractivity contribution in [3.05, 3.63) is 29.8 Å². The summed E-state index contributed by atoms with van der Waals surface area (Å²) in [5.74, 6) is 1.81. The molecule has 0 aliphatic carbocycles. The minimum absolute atomic E-state index is 0.185. The van der Waals surface area contributed by atoms with Gasteiger partial charge in [-0.05, 0) is 56.3 Å². The Kier molecular flexibility index (Phi) is 6.46. The predicted octanol–water partition coefficient (Wildman–Crippen LogP) is 2.72. The maximum absolute atomic E-state index is 12.6. The lowest BCUT2D eigenvalue weighted by molar-refractivity contribution is -0.135. The minimum Gasteiger partial charge on any atom is -0.497 e. The van der Waals surface area contributed by atoms with Crippen LogP contribution in [0.2, 0.25) is 0 Å². The van der Waals surface area contributed by atoms with E-state index in [1.54, 1.807) is 7.11 Å². The first-order chi connectivity index (χ1) is 11.0. The largest absolute Gasteiger partial charge is 0.497 e. The van der Waals surface area contributed by atoms with Crippen molar-refractivity contribution in [3.8, 4) is 5.75 Å². The molecule has 0 aromatic heterocycles. The fourth-order valence-corrected chi connectivity index (χ4v) is 3.45. The fraction of sp³-hybridized carbons (Fsp3) is 0.632. The molecule has 4 nitrogen and oxygen atoms in total. The average Bonchev–Trinajstić information content (AvgIpc) is 2.54. The molecule has 1 aliphatic heterocycles. The lowest BCUT2D eigenvalue weighted by Crippen LogP contribution is -2.44. The number of rotatable bonds is 6. The van der Waals surface area contributed by atoms with E-state index in [4.69, 9.17) is 4.74 Å². The Morgan fingerprint density at radius 2 is 2.09 bits per heavy atom. The van der Waals surface area contributed by atoms with Crippen molar-refractivity contribution in [2.24, 2.45) is 11.8 Å². The van der Waals surface area contributed by atoms with E-state index in [2.05, 4.69) is 31.3 Å². The summed E-state index contributed by atoms with van der Waals surface area (Å²) in [6.45, 7) is 6.13. The van der Waals surface area contributed by atoms with Crippen molar-refractivity contribution in [1.82, 2.24) is 10.2 Å². The zero-order valence-corrected chi connectivity index (χ0v) is 14.8. The molecule has 1 unspecified atom stereocenters. The topological polar surface area (TPSA) is 41.6 Å². The molecule has 1 aromatic rings. The summed E-state index contributed by atoms with van der Waals surface area (Å²) in [4.78, 5) is 14.5. The molecule has 0 radical (unpaired) electrons. The van der Waals surface area contributed by atoms with Crippen LogP contribution in [0.3, 0.4) is 0 Å². The van der Waals surface area contributed by atoms with Gasteiger partial charge >= 0.3 is 0 Å². The molecule has 23 heavy (non-hydrogen) atoms. The van der Waals surface area contributed by atoms with Gasteiger partial charge in [-0.25, -0.2) is 0 Å². The highest BCUT2D eigenvalue weighted by atomic mass is 16.5. The molecule has 128 valence electrons. The third-order valence-electron chi connectivity index (χ3n) is 4.68. The SMILES string of the molecule is COc1ccc(CC(C)CN(C)C(=O)[C@H]2CCN[C@@H](C)C2)cc1. The first kappa shape index (κ1) is 17.8. The number of piperidine rings is 1. The molecule has 1 heterocycles. The van der Waals surface area contributed by atoms with Gasteiger partial charge in [0.05, 0.1) is 7.11 Å². The van der Waals surface area contributed by atoms with Gasteiger partial charge in [-0.15, -0.1) is 0 Å². The van der Waals surface area contributed by atoms with Crippen LogP contribution in [-0.4, -0.2) is 44.1 Å². The molecule has 1 amide bonds. The Morgan fingerprint density at radius 1 is 1.39 bits per heavy atom. The van der Waals surface area contributed by atoms with Gasteiger partial charge in [-0.1, -0.05) is 19.1 Å².